The first kappa shape index (κ1) is 23.2. The number of nitrogens with zero attached hydrogens (tertiary/aromatic N) is 5. The second-order valence-corrected chi connectivity index (χ2v) is 8.72. The molecule has 1 aromatic heterocycles. The van der Waals surface area contributed by atoms with Crippen LogP contribution in [-0.2, 0) is 11.3 Å². The van der Waals surface area contributed by atoms with Crippen molar-refractivity contribution in [1.29, 1.82) is 0 Å². The van der Waals surface area contributed by atoms with Crippen molar-refractivity contribution in [2.75, 3.05) is 42.9 Å². The van der Waals surface area contributed by atoms with E-state index in [0.717, 1.165) is 37.7 Å². The van der Waals surface area contributed by atoms with Gasteiger partial charge in [0.2, 0.25) is 10.7 Å². The minimum Gasteiger partial charge on any atom is -0.390 e. The summed E-state index contributed by atoms with van der Waals surface area (Å²) in [5.74, 6) is 0.597. The molecule has 0 spiro atoms. The van der Waals surface area contributed by atoms with Gasteiger partial charge in [0.05, 0.1) is 18.3 Å². The zero-order valence-corrected chi connectivity index (χ0v) is 19.8. The van der Waals surface area contributed by atoms with Crippen LogP contribution >= 0.6 is 12.2 Å². The molecule has 4 rings (SSSR count). The molecule has 1 atom stereocenters. The Hall–Kier alpha value is -3.01. The summed E-state index contributed by atoms with van der Waals surface area (Å²) in [6.07, 6.45) is -0.576. The Bertz CT molecular complexity index is 1150. The molecule has 1 aliphatic heterocycles. The number of β-amino-alcohol motifs (C(OH)–C–C–N with tert-alkyl or cyclic N) is 1. The van der Waals surface area contributed by atoms with Gasteiger partial charge in [-0.15, -0.1) is 0 Å². The highest BCUT2D eigenvalue weighted by Crippen LogP contribution is 2.18. The molecule has 1 amide bonds. The summed E-state index contributed by atoms with van der Waals surface area (Å²) < 4.78 is 4.05. The number of aliphatic hydroxyl groups is 1. The lowest BCUT2D eigenvalue weighted by Gasteiger charge is -2.36. The van der Waals surface area contributed by atoms with Crippen LogP contribution in [0, 0.1) is 11.7 Å². The highest BCUT2D eigenvalue weighted by atomic mass is 32.1. The summed E-state index contributed by atoms with van der Waals surface area (Å²) in [5.41, 5.74) is 2.76. The molecule has 0 saturated carbocycles. The summed E-state index contributed by atoms with van der Waals surface area (Å²) in [4.78, 5) is 16.0. The van der Waals surface area contributed by atoms with Crippen molar-refractivity contribution in [2.45, 2.75) is 26.5 Å². The van der Waals surface area contributed by atoms with Crippen LogP contribution in [0.5, 0.6) is 0 Å². The normalized spacial score (nSPS) is 15.4. The van der Waals surface area contributed by atoms with Gasteiger partial charge in [0.1, 0.15) is 5.82 Å². The van der Waals surface area contributed by atoms with Crippen LogP contribution < -0.4 is 10.2 Å². The van der Waals surface area contributed by atoms with Crippen molar-refractivity contribution in [3.05, 3.63) is 65.2 Å². The van der Waals surface area contributed by atoms with E-state index in [1.807, 2.05) is 41.8 Å². The number of hydrogen-bond acceptors (Lipinski definition) is 6. The molecule has 1 fully saturated rings. The van der Waals surface area contributed by atoms with Gasteiger partial charge < -0.3 is 15.3 Å². The second-order valence-electron chi connectivity index (χ2n) is 8.36. The highest BCUT2D eigenvalue weighted by molar-refractivity contribution is 7.71. The maximum absolute atomic E-state index is 11.4. The summed E-state index contributed by atoms with van der Waals surface area (Å²) >= 11 is 5.66. The first-order valence-electron chi connectivity index (χ1n) is 11.2. The molecule has 2 heterocycles. The monoisotopic (exact) mass is 466 g/mol. The predicted octanol–water partition coefficient (Wildman–Crippen LogP) is 2.85. The highest BCUT2D eigenvalue weighted by Gasteiger charge is 2.20. The van der Waals surface area contributed by atoms with Crippen molar-refractivity contribution in [3.8, 4) is 5.69 Å². The lowest BCUT2D eigenvalue weighted by Crippen LogP contribution is -2.49. The van der Waals surface area contributed by atoms with E-state index < -0.39 is 6.10 Å². The van der Waals surface area contributed by atoms with E-state index in [2.05, 4.69) is 44.5 Å². The van der Waals surface area contributed by atoms with Gasteiger partial charge >= 0.3 is 0 Å². The maximum Gasteiger partial charge on any atom is 0.221 e. The molecule has 0 aliphatic carbocycles. The van der Waals surface area contributed by atoms with Crippen molar-refractivity contribution >= 4 is 29.5 Å². The number of amides is 1. The minimum atomic E-state index is -0.576. The molecule has 2 N–H and O–H groups in total. The van der Waals surface area contributed by atoms with E-state index in [4.69, 9.17) is 12.2 Å². The van der Waals surface area contributed by atoms with Gasteiger partial charge in [0, 0.05) is 51.0 Å². The first-order chi connectivity index (χ1) is 15.9. The lowest BCUT2D eigenvalue weighted by atomic mass is 10.2. The molecule has 2 aromatic carbocycles. The van der Waals surface area contributed by atoms with E-state index in [-0.39, 0.29) is 5.91 Å². The Morgan fingerprint density at radius 1 is 1.06 bits per heavy atom. The summed E-state index contributed by atoms with van der Waals surface area (Å²) in [5, 5.41) is 18.1. The number of anilines is 2. The molecule has 174 valence electrons. The molecular formula is C24H30N6O2S. The van der Waals surface area contributed by atoms with E-state index >= 15 is 0 Å². The van der Waals surface area contributed by atoms with E-state index in [9.17, 15) is 9.90 Å². The van der Waals surface area contributed by atoms with E-state index in [1.165, 1.54) is 12.6 Å². The smallest absolute Gasteiger partial charge is 0.221 e. The fourth-order valence-electron chi connectivity index (χ4n) is 4.24. The quantitative estimate of drug-likeness (QED) is 0.522. The lowest BCUT2D eigenvalue weighted by molar-refractivity contribution is -0.114. The third-order valence-corrected chi connectivity index (χ3v) is 6.17. The number of rotatable bonds is 7. The Balaban J connectivity index is 1.38. The molecule has 3 aromatic rings. The third kappa shape index (κ3) is 5.68. The molecule has 1 unspecified atom stereocenters. The van der Waals surface area contributed by atoms with Crippen molar-refractivity contribution in [2.24, 2.45) is 0 Å². The number of aryl methyl sites for hydroxylation is 1. The number of aromatic nitrogens is 3. The van der Waals surface area contributed by atoms with E-state index in [1.54, 1.807) is 4.68 Å². The van der Waals surface area contributed by atoms with Gasteiger partial charge in [-0.2, -0.15) is 5.10 Å². The van der Waals surface area contributed by atoms with Crippen LogP contribution in [0.4, 0.5) is 11.4 Å². The largest absolute Gasteiger partial charge is 0.390 e. The zero-order chi connectivity index (χ0) is 23.4. The van der Waals surface area contributed by atoms with E-state index in [0.29, 0.717) is 23.5 Å². The Morgan fingerprint density at radius 2 is 1.76 bits per heavy atom. The fourth-order valence-corrected chi connectivity index (χ4v) is 4.59. The summed E-state index contributed by atoms with van der Waals surface area (Å²) in [7, 11) is 0. The maximum atomic E-state index is 11.4. The molecule has 9 heteroatoms. The average molecular weight is 467 g/mol. The van der Waals surface area contributed by atoms with Gasteiger partial charge in [-0.1, -0.05) is 24.3 Å². The predicted molar refractivity (Wildman–Crippen MR) is 133 cm³/mol. The molecule has 0 radical (unpaired) electrons. The Labute approximate surface area is 199 Å². The first-order valence-corrected chi connectivity index (χ1v) is 11.6. The van der Waals surface area contributed by atoms with Crippen LogP contribution in [0.15, 0.2) is 54.6 Å². The molecule has 33 heavy (non-hydrogen) atoms. The molecule has 1 aliphatic rings. The number of hydrogen-bond donors (Lipinski definition) is 2. The van der Waals surface area contributed by atoms with Crippen LogP contribution in [0.1, 0.15) is 12.7 Å². The van der Waals surface area contributed by atoms with Crippen molar-refractivity contribution in [3.63, 3.8) is 0 Å². The molecular weight excluding hydrogens is 436 g/mol. The number of benzene rings is 2. The Kier molecular flexibility index (Phi) is 7.22. The zero-order valence-electron chi connectivity index (χ0n) is 19.0. The van der Waals surface area contributed by atoms with Crippen LogP contribution in [-0.4, -0.2) is 69.1 Å². The summed E-state index contributed by atoms with van der Waals surface area (Å²) in [6.45, 7) is 7.95. The van der Waals surface area contributed by atoms with Gasteiger partial charge in [-0.05, 0) is 49.5 Å². The van der Waals surface area contributed by atoms with Crippen molar-refractivity contribution in [1.82, 2.24) is 19.2 Å². The molecule has 8 nitrogen and oxygen atoms in total. The van der Waals surface area contributed by atoms with Crippen molar-refractivity contribution < 1.29 is 9.90 Å². The number of carbonyl (C=O) groups excluding carboxylic acids is 1. The number of para-hydroxylation sites is 1. The van der Waals surface area contributed by atoms with Gasteiger partial charge in [-0.25, -0.2) is 4.68 Å². The minimum absolute atomic E-state index is 0.129. The second kappa shape index (κ2) is 10.3. The Morgan fingerprint density at radius 3 is 2.45 bits per heavy atom. The molecule has 0 bridgehead atoms. The fraction of sp³-hybridized carbons (Fsp3) is 0.375. The number of aliphatic hydroxyl groups excluding tert-OH is 1. The SMILES string of the molecule is CC(=O)Nc1cccc(-n2c(C)nn(CC(O)CN3CCN(c4ccccc4)CC3)c2=S)c1. The van der Waals surface area contributed by atoms with Crippen LogP contribution in [0.2, 0.25) is 0 Å². The van der Waals surface area contributed by atoms with Gasteiger partial charge in [0.25, 0.3) is 0 Å². The number of nitrogens with one attached hydrogen (secondary N) is 1. The molecule has 1 saturated heterocycles. The summed E-state index contributed by atoms with van der Waals surface area (Å²) in [6, 6.07) is 17.9. The van der Waals surface area contributed by atoms with Crippen LogP contribution in [0.3, 0.4) is 0 Å². The standard InChI is InChI=1S/C24H30N6O2S/c1-18-26-29(24(33)30(18)22-10-6-7-20(15-22)25-19(2)31)17-23(32)16-27-11-13-28(14-12-27)21-8-4-3-5-9-21/h3-10,15,23,32H,11-14,16-17H2,1-2H3,(H,25,31). The number of piperazine rings is 1. The number of carbonyl (C=O) groups is 1. The van der Waals surface area contributed by atoms with Gasteiger partial charge in [-0.3, -0.25) is 14.3 Å². The van der Waals surface area contributed by atoms with Gasteiger partial charge in [0.15, 0.2) is 0 Å². The third-order valence-electron chi connectivity index (χ3n) is 5.77. The topological polar surface area (TPSA) is 78.6 Å². The van der Waals surface area contributed by atoms with Crippen LogP contribution in [0.25, 0.3) is 5.69 Å². The average Bonchev–Trinajstić information content (AvgIpc) is 3.07.